The van der Waals surface area contributed by atoms with E-state index in [0.29, 0.717) is 11.4 Å². The topological polar surface area (TPSA) is 49.4 Å². The highest BCUT2D eigenvalue weighted by atomic mass is 35.5. The number of hydrogen-bond acceptors (Lipinski definition) is 3. The quantitative estimate of drug-likeness (QED) is 0.722. The van der Waals surface area contributed by atoms with E-state index in [1.165, 1.54) is 9.87 Å². The van der Waals surface area contributed by atoms with E-state index in [2.05, 4.69) is 31.3 Å². The molecule has 0 aliphatic rings. The van der Waals surface area contributed by atoms with Gasteiger partial charge in [-0.1, -0.05) is 49.7 Å². The monoisotopic (exact) mass is 394 g/mol. The highest BCUT2D eigenvalue weighted by molar-refractivity contribution is 7.89. The third kappa shape index (κ3) is 4.46. The van der Waals surface area contributed by atoms with Crippen molar-refractivity contribution >= 4 is 21.6 Å². The lowest BCUT2D eigenvalue weighted by Gasteiger charge is -2.34. The number of benzene rings is 2. The second-order valence-corrected chi connectivity index (χ2v) is 9.17. The molecule has 0 aromatic heterocycles. The lowest BCUT2D eigenvalue weighted by Crippen LogP contribution is -2.41. The molecule has 1 N–H and O–H groups in total. The first kappa shape index (κ1) is 20.9. The highest BCUT2D eigenvalue weighted by Gasteiger charge is 2.27. The van der Waals surface area contributed by atoms with Gasteiger partial charge in [-0.25, -0.2) is 12.7 Å². The second kappa shape index (κ2) is 8.53. The first-order valence-corrected chi connectivity index (χ1v) is 10.6. The van der Waals surface area contributed by atoms with Crippen LogP contribution in [-0.2, 0) is 22.1 Å². The predicted molar refractivity (Wildman–Crippen MR) is 108 cm³/mol. The van der Waals surface area contributed by atoms with Gasteiger partial charge in [-0.05, 0) is 48.2 Å². The molecule has 0 aliphatic carbocycles. The molecule has 0 amide bonds. The minimum absolute atomic E-state index is 0.180. The summed E-state index contributed by atoms with van der Waals surface area (Å²) < 4.78 is 25.9. The Balaban J connectivity index is 2.26. The van der Waals surface area contributed by atoms with Gasteiger partial charge >= 0.3 is 0 Å². The Kier molecular flexibility index (Phi) is 6.86. The van der Waals surface area contributed by atoms with Gasteiger partial charge in [0, 0.05) is 31.2 Å². The Bertz CT molecular complexity index is 829. The van der Waals surface area contributed by atoms with Crippen molar-refractivity contribution in [3.63, 3.8) is 0 Å². The number of nitrogens with zero attached hydrogens (tertiary/aromatic N) is 1. The van der Waals surface area contributed by atoms with Crippen LogP contribution in [0.15, 0.2) is 53.4 Å². The zero-order chi connectivity index (χ0) is 19.4. The SMILES string of the molecule is CCC(CC)(NCc1cccc(S(=O)(=O)N(C)C)c1)c1ccc(Cl)cc1. The summed E-state index contributed by atoms with van der Waals surface area (Å²) in [6, 6.07) is 15.0. The standard InChI is InChI=1S/C20H27ClN2O2S/c1-5-20(6-2,17-10-12-18(21)13-11-17)22-15-16-8-7-9-19(14-16)26(24,25)23(3)4/h7-14,22H,5-6,15H2,1-4H3. The largest absolute Gasteiger partial charge is 0.303 e. The molecule has 26 heavy (non-hydrogen) atoms. The summed E-state index contributed by atoms with van der Waals surface area (Å²) in [7, 11) is -0.347. The average Bonchev–Trinajstić information content (AvgIpc) is 2.64. The molecule has 2 aromatic rings. The molecule has 0 aliphatic heterocycles. The third-order valence-electron chi connectivity index (χ3n) is 4.91. The van der Waals surface area contributed by atoms with Crippen molar-refractivity contribution in [1.29, 1.82) is 0 Å². The van der Waals surface area contributed by atoms with E-state index in [4.69, 9.17) is 11.6 Å². The molecule has 0 fully saturated rings. The Hall–Kier alpha value is -1.40. The van der Waals surface area contributed by atoms with Crippen LogP contribution in [0.25, 0.3) is 0 Å². The molecule has 0 heterocycles. The summed E-state index contributed by atoms with van der Waals surface area (Å²) in [6.45, 7) is 4.89. The number of rotatable bonds is 8. The van der Waals surface area contributed by atoms with Gasteiger partial charge in [-0.15, -0.1) is 0 Å². The first-order chi connectivity index (χ1) is 12.2. The summed E-state index contributed by atoms with van der Waals surface area (Å²) in [5.41, 5.74) is 1.94. The molecule has 0 saturated heterocycles. The van der Waals surface area contributed by atoms with E-state index >= 15 is 0 Å². The van der Waals surface area contributed by atoms with Gasteiger partial charge in [0.25, 0.3) is 0 Å². The number of sulfonamides is 1. The van der Waals surface area contributed by atoms with Gasteiger partial charge in [-0.2, -0.15) is 0 Å². The second-order valence-electron chi connectivity index (χ2n) is 6.58. The van der Waals surface area contributed by atoms with Crippen molar-refractivity contribution in [2.75, 3.05) is 14.1 Å². The number of halogens is 1. The summed E-state index contributed by atoms with van der Waals surface area (Å²) >= 11 is 6.03. The average molecular weight is 395 g/mol. The van der Waals surface area contributed by atoms with Crippen LogP contribution in [0.2, 0.25) is 5.02 Å². The molecule has 0 spiro atoms. The molecule has 6 heteroatoms. The van der Waals surface area contributed by atoms with E-state index in [1.807, 2.05) is 18.2 Å². The summed E-state index contributed by atoms with van der Waals surface area (Å²) in [4.78, 5) is 0.312. The smallest absolute Gasteiger partial charge is 0.242 e. The van der Waals surface area contributed by atoms with E-state index in [-0.39, 0.29) is 5.54 Å². The highest BCUT2D eigenvalue weighted by Crippen LogP contribution is 2.30. The summed E-state index contributed by atoms with van der Waals surface area (Å²) in [5, 5.41) is 4.36. The molecule has 0 saturated carbocycles. The van der Waals surface area contributed by atoms with Crippen molar-refractivity contribution in [2.45, 2.75) is 43.7 Å². The summed E-state index contributed by atoms with van der Waals surface area (Å²) in [6.07, 6.45) is 1.83. The molecule has 0 atom stereocenters. The van der Waals surface area contributed by atoms with Gasteiger partial charge in [0.15, 0.2) is 0 Å². The molecule has 142 valence electrons. The van der Waals surface area contributed by atoms with Gasteiger partial charge in [0.1, 0.15) is 0 Å². The van der Waals surface area contributed by atoms with Crippen LogP contribution in [0.3, 0.4) is 0 Å². The maximum Gasteiger partial charge on any atom is 0.242 e. The van der Waals surface area contributed by atoms with Crippen LogP contribution in [0.4, 0.5) is 0 Å². The number of hydrogen-bond donors (Lipinski definition) is 1. The van der Waals surface area contributed by atoms with Crippen molar-refractivity contribution in [3.05, 3.63) is 64.7 Å². The lowest BCUT2D eigenvalue weighted by atomic mass is 9.84. The fraction of sp³-hybridized carbons (Fsp3) is 0.400. The van der Waals surface area contributed by atoms with E-state index < -0.39 is 10.0 Å². The molecule has 0 bridgehead atoms. The predicted octanol–water partition coefficient (Wildman–Crippen LogP) is 4.40. The van der Waals surface area contributed by atoms with Crippen LogP contribution in [0.1, 0.15) is 37.8 Å². The maximum absolute atomic E-state index is 12.3. The third-order valence-corrected chi connectivity index (χ3v) is 6.97. The van der Waals surface area contributed by atoms with Gasteiger partial charge < -0.3 is 5.32 Å². The lowest BCUT2D eigenvalue weighted by molar-refractivity contribution is 0.305. The van der Waals surface area contributed by atoms with Crippen LogP contribution >= 0.6 is 11.6 Å². The Labute approximate surface area is 162 Å². The Morgan fingerprint density at radius 3 is 2.19 bits per heavy atom. The van der Waals surface area contributed by atoms with Gasteiger partial charge in [0.2, 0.25) is 10.0 Å². The minimum atomic E-state index is -3.43. The fourth-order valence-electron chi connectivity index (χ4n) is 3.08. The maximum atomic E-state index is 12.3. The molecule has 0 unspecified atom stereocenters. The molecular formula is C20H27ClN2O2S. The van der Waals surface area contributed by atoms with Crippen LogP contribution in [-0.4, -0.2) is 26.8 Å². The molecule has 2 aromatic carbocycles. The fourth-order valence-corrected chi connectivity index (χ4v) is 4.18. The van der Waals surface area contributed by atoms with Crippen molar-refractivity contribution < 1.29 is 8.42 Å². The van der Waals surface area contributed by atoms with E-state index in [9.17, 15) is 8.42 Å². The van der Waals surface area contributed by atoms with Crippen LogP contribution < -0.4 is 5.32 Å². The van der Waals surface area contributed by atoms with E-state index in [1.54, 1.807) is 32.3 Å². The first-order valence-electron chi connectivity index (χ1n) is 8.77. The number of nitrogens with one attached hydrogen (secondary N) is 1. The minimum Gasteiger partial charge on any atom is -0.303 e. The van der Waals surface area contributed by atoms with Crippen LogP contribution in [0, 0.1) is 0 Å². The van der Waals surface area contributed by atoms with Gasteiger partial charge in [-0.3, -0.25) is 0 Å². The Morgan fingerprint density at radius 2 is 1.65 bits per heavy atom. The van der Waals surface area contributed by atoms with Crippen molar-refractivity contribution in [3.8, 4) is 0 Å². The molecule has 0 radical (unpaired) electrons. The Morgan fingerprint density at radius 1 is 1.04 bits per heavy atom. The molecular weight excluding hydrogens is 368 g/mol. The zero-order valence-corrected chi connectivity index (χ0v) is 17.4. The van der Waals surface area contributed by atoms with Crippen molar-refractivity contribution in [1.82, 2.24) is 9.62 Å². The van der Waals surface area contributed by atoms with Crippen molar-refractivity contribution in [2.24, 2.45) is 0 Å². The molecule has 4 nitrogen and oxygen atoms in total. The van der Waals surface area contributed by atoms with Gasteiger partial charge in [0.05, 0.1) is 4.90 Å². The summed E-state index contributed by atoms with van der Waals surface area (Å²) in [5.74, 6) is 0. The van der Waals surface area contributed by atoms with Crippen LogP contribution in [0.5, 0.6) is 0 Å². The van der Waals surface area contributed by atoms with E-state index in [0.717, 1.165) is 23.4 Å². The molecule has 2 rings (SSSR count). The normalized spacial score (nSPS) is 12.5. The zero-order valence-electron chi connectivity index (χ0n) is 15.8.